The van der Waals surface area contributed by atoms with Gasteiger partial charge in [0.25, 0.3) is 5.56 Å². The van der Waals surface area contributed by atoms with E-state index in [0.29, 0.717) is 25.9 Å². The van der Waals surface area contributed by atoms with E-state index in [0.717, 1.165) is 46.7 Å². The predicted molar refractivity (Wildman–Crippen MR) is 119 cm³/mol. The molecule has 160 valence electrons. The average molecular weight is 429 g/mol. The molecular weight excluding hydrogens is 400 g/mol. The maximum atomic E-state index is 13.0. The number of methoxy groups -OCH3 is 1. The van der Waals surface area contributed by atoms with E-state index in [1.165, 1.54) is 0 Å². The Bertz CT molecular complexity index is 981. The fourth-order valence-electron chi connectivity index (χ4n) is 4.22. The minimum absolute atomic E-state index is 0.0205. The lowest BCUT2D eigenvalue weighted by Crippen LogP contribution is -2.49. The van der Waals surface area contributed by atoms with Crippen LogP contribution in [0.3, 0.4) is 0 Å². The molecular formula is C22H28N4O3S. The summed E-state index contributed by atoms with van der Waals surface area (Å²) in [6, 6.07) is 7.91. The third-order valence-electron chi connectivity index (χ3n) is 5.99. The Morgan fingerprint density at radius 3 is 2.53 bits per heavy atom. The van der Waals surface area contributed by atoms with Gasteiger partial charge in [0.15, 0.2) is 5.16 Å². The molecule has 2 aliphatic rings. The summed E-state index contributed by atoms with van der Waals surface area (Å²) >= 11 is 1.58. The monoisotopic (exact) mass is 428 g/mol. The van der Waals surface area contributed by atoms with Crippen molar-refractivity contribution in [3.8, 4) is 5.75 Å². The molecule has 1 aromatic heterocycles. The fraction of sp³-hybridized carbons (Fsp3) is 0.500. The zero-order valence-corrected chi connectivity index (χ0v) is 18.6. The van der Waals surface area contributed by atoms with E-state index in [1.54, 1.807) is 23.4 Å². The fourth-order valence-corrected chi connectivity index (χ4v) is 5.40. The Hall–Kier alpha value is -2.48. The van der Waals surface area contributed by atoms with Crippen LogP contribution in [0.25, 0.3) is 0 Å². The molecule has 7 nitrogen and oxygen atoms in total. The third-order valence-corrected chi connectivity index (χ3v) is 7.08. The summed E-state index contributed by atoms with van der Waals surface area (Å²) in [6.07, 6.45) is 1.02. The van der Waals surface area contributed by atoms with E-state index in [1.807, 2.05) is 30.9 Å². The first kappa shape index (κ1) is 20.8. The van der Waals surface area contributed by atoms with Gasteiger partial charge >= 0.3 is 0 Å². The van der Waals surface area contributed by atoms with Crippen LogP contribution in [-0.2, 0) is 11.2 Å². The highest BCUT2D eigenvalue weighted by molar-refractivity contribution is 7.99. The standard InChI is InChI=1S/C22H28N4O3S/c1-4-19-15(2)23-22-26(21(19)28)17(14-30-22)13-20(27)25-11-9-24(10-12-25)16-5-7-18(29-3)8-6-16/h5-8,17H,4,9-14H2,1-3H3. The van der Waals surface area contributed by atoms with Crippen LogP contribution in [0.5, 0.6) is 5.75 Å². The first-order valence-electron chi connectivity index (χ1n) is 10.4. The molecule has 1 aromatic carbocycles. The summed E-state index contributed by atoms with van der Waals surface area (Å²) in [5, 5.41) is 0.747. The van der Waals surface area contributed by atoms with E-state index in [-0.39, 0.29) is 17.5 Å². The molecule has 30 heavy (non-hydrogen) atoms. The zero-order valence-electron chi connectivity index (χ0n) is 17.8. The number of rotatable bonds is 5. The van der Waals surface area contributed by atoms with Crippen molar-refractivity contribution >= 4 is 23.4 Å². The van der Waals surface area contributed by atoms with Gasteiger partial charge in [-0.1, -0.05) is 18.7 Å². The number of amides is 1. The minimum atomic E-state index is -0.108. The number of fused-ring (bicyclic) bond motifs is 1. The summed E-state index contributed by atoms with van der Waals surface area (Å²) in [5.41, 5.74) is 2.73. The molecule has 0 aliphatic carbocycles. The van der Waals surface area contributed by atoms with Gasteiger partial charge < -0.3 is 14.5 Å². The topological polar surface area (TPSA) is 67.7 Å². The van der Waals surface area contributed by atoms with Crippen molar-refractivity contribution in [2.75, 3.05) is 43.9 Å². The molecule has 8 heteroatoms. The van der Waals surface area contributed by atoms with E-state index < -0.39 is 0 Å². The second kappa shape index (κ2) is 8.71. The largest absolute Gasteiger partial charge is 0.497 e. The van der Waals surface area contributed by atoms with Crippen molar-refractivity contribution in [2.24, 2.45) is 0 Å². The molecule has 0 bridgehead atoms. The van der Waals surface area contributed by atoms with Crippen molar-refractivity contribution in [1.82, 2.24) is 14.5 Å². The van der Waals surface area contributed by atoms with E-state index in [2.05, 4.69) is 22.0 Å². The molecule has 0 N–H and O–H groups in total. The van der Waals surface area contributed by atoms with Crippen molar-refractivity contribution in [3.63, 3.8) is 0 Å². The summed E-state index contributed by atoms with van der Waals surface area (Å²) < 4.78 is 6.97. The maximum Gasteiger partial charge on any atom is 0.257 e. The summed E-state index contributed by atoms with van der Waals surface area (Å²) in [5.74, 6) is 1.69. The number of anilines is 1. The van der Waals surface area contributed by atoms with Gasteiger partial charge in [-0.3, -0.25) is 14.2 Å². The van der Waals surface area contributed by atoms with Crippen LogP contribution in [0.2, 0.25) is 0 Å². The second-order valence-corrected chi connectivity index (χ2v) is 8.71. The van der Waals surface area contributed by atoms with Crippen LogP contribution in [-0.4, -0.2) is 59.4 Å². The SMILES string of the molecule is CCc1c(C)nc2n(c1=O)C(CC(=O)N1CCN(c3ccc(OC)cc3)CC1)CS2. The smallest absolute Gasteiger partial charge is 0.257 e. The number of aromatic nitrogens is 2. The lowest BCUT2D eigenvalue weighted by molar-refractivity contribution is -0.132. The highest BCUT2D eigenvalue weighted by Crippen LogP contribution is 2.33. The molecule has 1 unspecified atom stereocenters. The highest BCUT2D eigenvalue weighted by atomic mass is 32.2. The van der Waals surface area contributed by atoms with Gasteiger partial charge in [-0.2, -0.15) is 0 Å². The molecule has 0 radical (unpaired) electrons. The number of hydrogen-bond donors (Lipinski definition) is 0. The van der Waals surface area contributed by atoms with Gasteiger partial charge in [0, 0.05) is 55.3 Å². The molecule has 4 rings (SSSR count). The maximum absolute atomic E-state index is 13.0. The molecule has 3 heterocycles. The molecule has 1 fully saturated rings. The number of benzene rings is 1. The van der Waals surface area contributed by atoms with Gasteiger partial charge in [0.2, 0.25) is 5.91 Å². The summed E-state index contributed by atoms with van der Waals surface area (Å²) in [7, 11) is 1.66. The minimum Gasteiger partial charge on any atom is -0.497 e. The second-order valence-electron chi connectivity index (χ2n) is 7.72. The first-order chi connectivity index (χ1) is 14.5. The number of ether oxygens (including phenoxy) is 1. The lowest BCUT2D eigenvalue weighted by Gasteiger charge is -2.36. The van der Waals surface area contributed by atoms with Crippen LogP contribution < -0.4 is 15.2 Å². The molecule has 1 atom stereocenters. The van der Waals surface area contributed by atoms with Crippen LogP contribution >= 0.6 is 11.8 Å². The molecule has 2 aromatic rings. The third kappa shape index (κ3) is 3.93. The number of hydrogen-bond acceptors (Lipinski definition) is 6. The van der Waals surface area contributed by atoms with Crippen molar-refractivity contribution < 1.29 is 9.53 Å². The van der Waals surface area contributed by atoms with Gasteiger partial charge in [-0.25, -0.2) is 4.98 Å². The number of carbonyl (C=O) groups excluding carboxylic acids is 1. The normalized spacial score (nSPS) is 18.4. The molecule has 0 spiro atoms. The molecule has 1 amide bonds. The number of thioether (sulfide) groups is 1. The first-order valence-corrected chi connectivity index (χ1v) is 11.4. The summed E-state index contributed by atoms with van der Waals surface area (Å²) in [6.45, 7) is 6.85. The van der Waals surface area contributed by atoms with Crippen LogP contribution in [0.15, 0.2) is 34.2 Å². The molecule has 0 saturated carbocycles. The number of nitrogens with zero attached hydrogens (tertiary/aromatic N) is 4. The Balaban J connectivity index is 1.39. The van der Waals surface area contributed by atoms with Crippen molar-refractivity contribution in [3.05, 3.63) is 45.9 Å². The van der Waals surface area contributed by atoms with Gasteiger partial charge in [-0.05, 0) is 37.6 Å². The van der Waals surface area contributed by atoms with Crippen LogP contribution in [0.4, 0.5) is 5.69 Å². The Morgan fingerprint density at radius 1 is 1.20 bits per heavy atom. The zero-order chi connectivity index (χ0) is 21.3. The van der Waals surface area contributed by atoms with Crippen LogP contribution in [0.1, 0.15) is 30.6 Å². The predicted octanol–water partition coefficient (Wildman–Crippen LogP) is 2.51. The van der Waals surface area contributed by atoms with Gasteiger partial charge in [-0.15, -0.1) is 0 Å². The quantitative estimate of drug-likeness (QED) is 0.682. The molecule has 2 aliphatic heterocycles. The number of carbonyl (C=O) groups is 1. The van der Waals surface area contributed by atoms with E-state index in [9.17, 15) is 9.59 Å². The Morgan fingerprint density at radius 2 is 1.90 bits per heavy atom. The Kier molecular flexibility index (Phi) is 6.04. The lowest BCUT2D eigenvalue weighted by atomic mass is 10.1. The number of piperazine rings is 1. The van der Waals surface area contributed by atoms with Crippen molar-refractivity contribution in [2.45, 2.75) is 37.9 Å². The summed E-state index contributed by atoms with van der Waals surface area (Å²) in [4.78, 5) is 34.7. The average Bonchev–Trinajstić information content (AvgIpc) is 3.16. The van der Waals surface area contributed by atoms with E-state index in [4.69, 9.17) is 4.74 Å². The van der Waals surface area contributed by atoms with Crippen molar-refractivity contribution in [1.29, 1.82) is 0 Å². The van der Waals surface area contributed by atoms with E-state index >= 15 is 0 Å². The molecule has 1 saturated heterocycles. The highest BCUT2D eigenvalue weighted by Gasteiger charge is 2.31. The van der Waals surface area contributed by atoms with Crippen LogP contribution in [0, 0.1) is 6.92 Å². The number of aryl methyl sites for hydroxylation is 1. The Labute approximate surface area is 181 Å². The van der Waals surface area contributed by atoms with Gasteiger partial charge in [0.1, 0.15) is 5.75 Å². The van der Waals surface area contributed by atoms with Gasteiger partial charge in [0.05, 0.1) is 13.2 Å².